The van der Waals surface area contributed by atoms with Gasteiger partial charge in [0.15, 0.2) is 0 Å². The standard InChI is InChI=1S/C22H21ClN4O6S/c1-34-9-7-22(21(30)31)17-16(18(25-22)14-10-12(23)5-6-15(14)27(32)33)19(28)26(20(17)29)11-13-4-2-3-8-24-13/h2-6,8,10,16-18,25H,7,9,11H2,1H3,(H,30,31). The van der Waals surface area contributed by atoms with E-state index in [0.717, 1.165) is 4.90 Å². The molecule has 2 aromatic rings. The van der Waals surface area contributed by atoms with Gasteiger partial charge in [-0.15, -0.1) is 0 Å². The molecule has 0 aliphatic carbocycles. The Morgan fingerprint density at radius 3 is 2.71 bits per heavy atom. The van der Waals surface area contributed by atoms with Crippen LogP contribution in [0, 0.1) is 22.0 Å². The second-order valence-corrected chi connectivity index (χ2v) is 9.61. The Morgan fingerprint density at radius 1 is 1.32 bits per heavy atom. The van der Waals surface area contributed by atoms with E-state index in [-0.39, 0.29) is 29.2 Å². The summed E-state index contributed by atoms with van der Waals surface area (Å²) in [5, 5.41) is 25.2. The smallest absolute Gasteiger partial charge is 0.324 e. The van der Waals surface area contributed by atoms with Gasteiger partial charge in [-0.3, -0.25) is 39.7 Å². The molecule has 34 heavy (non-hydrogen) atoms. The SMILES string of the molecule is CSCCC1(C(=O)O)NC(c2cc(Cl)ccc2[N+](=O)[O-])C2C(=O)N(Cc3ccccn3)C(=O)C21. The lowest BCUT2D eigenvalue weighted by molar-refractivity contribution is -0.385. The maximum absolute atomic E-state index is 13.6. The zero-order chi connectivity index (χ0) is 24.6. The third-order valence-corrected chi connectivity index (χ3v) is 7.24. The predicted octanol–water partition coefficient (Wildman–Crippen LogP) is 2.67. The van der Waals surface area contributed by atoms with E-state index in [9.17, 15) is 29.6 Å². The van der Waals surface area contributed by atoms with Crippen LogP contribution in [0.3, 0.4) is 0 Å². The van der Waals surface area contributed by atoms with Crippen LogP contribution in [-0.2, 0) is 20.9 Å². The highest BCUT2D eigenvalue weighted by Gasteiger charge is 2.68. The van der Waals surface area contributed by atoms with Gasteiger partial charge >= 0.3 is 5.97 Å². The van der Waals surface area contributed by atoms with Crippen molar-refractivity contribution >= 4 is 46.8 Å². The Balaban J connectivity index is 1.85. The Hall–Kier alpha value is -3.02. The summed E-state index contributed by atoms with van der Waals surface area (Å²) in [6.07, 6.45) is 3.38. The van der Waals surface area contributed by atoms with Crippen LogP contribution >= 0.6 is 23.4 Å². The van der Waals surface area contributed by atoms with Gasteiger partial charge in [0.2, 0.25) is 11.8 Å². The monoisotopic (exact) mass is 504 g/mol. The molecular formula is C22H21ClN4O6S. The molecule has 178 valence electrons. The molecule has 12 heteroatoms. The number of hydrogen-bond donors (Lipinski definition) is 2. The summed E-state index contributed by atoms with van der Waals surface area (Å²) in [7, 11) is 0. The largest absolute Gasteiger partial charge is 0.480 e. The van der Waals surface area contributed by atoms with Gasteiger partial charge in [0.05, 0.1) is 35.0 Å². The first-order valence-corrected chi connectivity index (χ1v) is 12.2. The van der Waals surface area contributed by atoms with Crippen LogP contribution in [0.4, 0.5) is 5.69 Å². The van der Waals surface area contributed by atoms with Gasteiger partial charge in [0.1, 0.15) is 5.54 Å². The lowest BCUT2D eigenvalue weighted by atomic mass is 9.78. The maximum Gasteiger partial charge on any atom is 0.324 e. The number of halogens is 1. The van der Waals surface area contributed by atoms with E-state index in [1.165, 1.54) is 36.2 Å². The molecule has 2 aliphatic rings. The molecular weight excluding hydrogens is 484 g/mol. The number of aliphatic carboxylic acids is 1. The predicted molar refractivity (Wildman–Crippen MR) is 124 cm³/mol. The molecule has 4 rings (SSSR count). The maximum atomic E-state index is 13.6. The van der Waals surface area contributed by atoms with Crippen molar-refractivity contribution in [2.24, 2.45) is 11.8 Å². The summed E-state index contributed by atoms with van der Waals surface area (Å²) >= 11 is 7.52. The van der Waals surface area contributed by atoms with Crippen LogP contribution in [0.2, 0.25) is 5.02 Å². The van der Waals surface area contributed by atoms with E-state index in [1.54, 1.807) is 24.5 Å². The van der Waals surface area contributed by atoms with Crippen molar-refractivity contribution < 1.29 is 24.4 Å². The molecule has 0 radical (unpaired) electrons. The molecule has 2 amide bonds. The van der Waals surface area contributed by atoms with Gasteiger partial charge in [-0.2, -0.15) is 11.8 Å². The number of nitrogens with one attached hydrogen (secondary N) is 1. The first-order valence-electron chi connectivity index (χ1n) is 10.4. The molecule has 1 aromatic heterocycles. The first kappa shape index (κ1) is 24.1. The molecule has 2 aliphatic heterocycles. The fourth-order valence-electron chi connectivity index (χ4n) is 4.88. The van der Waals surface area contributed by atoms with Crippen molar-refractivity contribution in [3.05, 3.63) is 69.0 Å². The normalized spacial score (nSPS) is 26.1. The van der Waals surface area contributed by atoms with E-state index in [0.29, 0.717) is 11.4 Å². The van der Waals surface area contributed by atoms with Crippen LogP contribution in [0.5, 0.6) is 0 Å². The fraction of sp³-hybridized carbons (Fsp3) is 0.364. The number of pyridine rings is 1. The number of imide groups is 1. The van der Waals surface area contributed by atoms with Gasteiger partial charge in [-0.05, 0) is 42.7 Å². The van der Waals surface area contributed by atoms with E-state index in [4.69, 9.17) is 11.6 Å². The number of carbonyl (C=O) groups excluding carboxylic acids is 2. The van der Waals surface area contributed by atoms with Crippen molar-refractivity contribution in [1.29, 1.82) is 0 Å². The summed E-state index contributed by atoms with van der Waals surface area (Å²) in [5.74, 6) is -4.51. The summed E-state index contributed by atoms with van der Waals surface area (Å²) in [6, 6.07) is 7.89. The van der Waals surface area contributed by atoms with Crippen molar-refractivity contribution in [2.45, 2.75) is 24.5 Å². The van der Waals surface area contributed by atoms with Crippen LogP contribution in [0.15, 0.2) is 42.6 Å². The van der Waals surface area contributed by atoms with Gasteiger partial charge in [0.25, 0.3) is 5.69 Å². The molecule has 2 saturated heterocycles. The van der Waals surface area contributed by atoms with Crippen molar-refractivity contribution in [3.8, 4) is 0 Å². The fourth-order valence-corrected chi connectivity index (χ4v) is 5.58. The van der Waals surface area contributed by atoms with Crippen molar-refractivity contribution in [3.63, 3.8) is 0 Å². The Kier molecular flexibility index (Phi) is 6.61. The summed E-state index contributed by atoms with van der Waals surface area (Å²) in [6.45, 7) is -0.117. The number of carboxylic acids is 1. The highest BCUT2D eigenvalue weighted by molar-refractivity contribution is 7.98. The number of aromatic nitrogens is 1. The number of hydrogen-bond acceptors (Lipinski definition) is 8. The molecule has 4 atom stereocenters. The molecule has 4 unspecified atom stereocenters. The number of nitrogens with zero attached hydrogens (tertiary/aromatic N) is 3. The van der Waals surface area contributed by atoms with E-state index < -0.39 is 46.1 Å². The minimum absolute atomic E-state index is 0.0476. The summed E-state index contributed by atoms with van der Waals surface area (Å²) < 4.78 is 0. The van der Waals surface area contributed by atoms with Crippen LogP contribution in [0.1, 0.15) is 23.7 Å². The highest BCUT2D eigenvalue weighted by atomic mass is 35.5. The van der Waals surface area contributed by atoms with Crippen LogP contribution in [0.25, 0.3) is 0 Å². The first-order chi connectivity index (χ1) is 16.2. The Bertz CT molecular complexity index is 1170. The molecule has 3 heterocycles. The average molecular weight is 505 g/mol. The summed E-state index contributed by atoms with van der Waals surface area (Å²) in [5.41, 5.74) is -1.55. The lowest BCUT2D eigenvalue weighted by Gasteiger charge is -2.31. The number of carbonyl (C=O) groups is 3. The van der Waals surface area contributed by atoms with E-state index in [2.05, 4.69) is 10.3 Å². The zero-order valence-electron chi connectivity index (χ0n) is 18.0. The van der Waals surface area contributed by atoms with Crippen molar-refractivity contribution in [2.75, 3.05) is 12.0 Å². The minimum Gasteiger partial charge on any atom is -0.480 e. The second kappa shape index (κ2) is 9.32. The van der Waals surface area contributed by atoms with Crippen LogP contribution < -0.4 is 5.32 Å². The van der Waals surface area contributed by atoms with Gasteiger partial charge in [0, 0.05) is 22.8 Å². The number of amides is 2. The number of rotatable bonds is 8. The quantitative estimate of drug-likeness (QED) is 0.315. The molecule has 2 fully saturated rings. The number of nitro groups is 1. The third kappa shape index (κ3) is 3.93. The number of fused-ring (bicyclic) bond motifs is 1. The Labute approximate surface area is 203 Å². The van der Waals surface area contributed by atoms with Crippen LogP contribution in [-0.4, -0.2) is 55.2 Å². The lowest BCUT2D eigenvalue weighted by Crippen LogP contribution is -2.56. The molecule has 0 saturated carbocycles. The average Bonchev–Trinajstić information content (AvgIpc) is 3.28. The second-order valence-electron chi connectivity index (χ2n) is 8.19. The van der Waals surface area contributed by atoms with Crippen molar-refractivity contribution in [1.82, 2.24) is 15.2 Å². The number of thioether (sulfide) groups is 1. The molecule has 0 spiro atoms. The van der Waals surface area contributed by atoms with E-state index in [1.807, 2.05) is 0 Å². The van der Waals surface area contributed by atoms with E-state index >= 15 is 0 Å². The highest BCUT2D eigenvalue weighted by Crippen LogP contribution is 2.52. The molecule has 1 aromatic carbocycles. The number of carboxylic acid groups (broad SMARTS) is 1. The molecule has 10 nitrogen and oxygen atoms in total. The molecule has 2 N–H and O–H groups in total. The number of likely N-dealkylation sites (tertiary alicyclic amines) is 1. The van der Waals surface area contributed by atoms with Gasteiger partial charge < -0.3 is 5.11 Å². The summed E-state index contributed by atoms with van der Waals surface area (Å²) in [4.78, 5) is 56.1. The Morgan fingerprint density at radius 2 is 2.09 bits per heavy atom. The third-order valence-electron chi connectivity index (χ3n) is 6.40. The molecule has 0 bridgehead atoms. The number of nitro benzene ring substituents is 1. The topological polar surface area (TPSA) is 143 Å². The minimum atomic E-state index is -1.78. The number of benzene rings is 1. The van der Waals surface area contributed by atoms with Gasteiger partial charge in [-0.1, -0.05) is 17.7 Å². The van der Waals surface area contributed by atoms with Gasteiger partial charge in [-0.25, -0.2) is 0 Å². The zero-order valence-corrected chi connectivity index (χ0v) is 19.6.